The summed E-state index contributed by atoms with van der Waals surface area (Å²) in [6.07, 6.45) is 3.77. The fraction of sp³-hybridized carbons (Fsp3) is 0.304. The van der Waals surface area contributed by atoms with Crippen molar-refractivity contribution in [3.05, 3.63) is 65.4 Å². The third-order valence-corrected chi connectivity index (χ3v) is 7.57. The molecule has 2 amide bonds. The van der Waals surface area contributed by atoms with Crippen LogP contribution in [0.5, 0.6) is 0 Å². The molecule has 0 aliphatic carbocycles. The number of nitrogens with zero attached hydrogens (tertiary/aromatic N) is 1. The fourth-order valence-corrected chi connectivity index (χ4v) is 5.36. The molecule has 4 rings (SSSR count). The lowest BCUT2D eigenvalue weighted by atomic mass is 10.1. The van der Waals surface area contributed by atoms with Gasteiger partial charge in [-0.1, -0.05) is 31.0 Å². The molecule has 2 N–H and O–H groups in total. The van der Waals surface area contributed by atoms with Gasteiger partial charge < -0.3 is 4.42 Å². The van der Waals surface area contributed by atoms with E-state index in [4.69, 9.17) is 4.42 Å². The topological polar surface area (TPSA) is 109 Å². The minimum atomic E-state index is -3.59. The maximum absolute atomic E-state index is 12.9. The monoisotopic (exact) mass is 455 g/mol. The van der Waals surface area contributed by atoms with E-state index in [0.29, 0.717) is 24.2 Å². The number of hydrazine groups is 1. The molecule has 1 aliphatic heterocycles. The highest BCUT2D eigenvalue weighted by atomic mass is 32.2. The maximum atomic E-state index is 12.9. The minimum absolute atomic E-state index is 0.116. The minimum Gasteiger partial charge on any atom is -0.451 e. The standard InChI is InChI=1S/C23H25N3O5S/c1-16-19-8-4-5-9-20(19)31-21(16)23(28)25-24-22(27)17-10-12-18(13-11-17)32(29,30)26-14-6-2-3-7-15-26/h4-5,8-13H,2-3,6-7,14-15H2,1H3,(H,24,27)(H,25,28). The first-order valence-corrected chi connectivity index (χ1v) is 12.0. The van der Waals surface area contributed by atoms with E-state index in [2.05, 4.69) is 10.9 Å². The number of furan rings is 1. The molecule has 2 aromatic carbocycles. The lowest BCUT2D eigenvalue weighted by Crippen LogP contribution is -2.41. The van der Waals surface area contributed by atoms with Crippen LogP contribution in [0.4, 0.5) is 0 Å². The average Bonchev–Trinajstić information content (AvgIpc) is 2.97. The second-order valence-corrected chi connectivity index (χ2v) is 9.74. The first kappa shape index (κ1) is 22.0. The molecule has 1 fully saturated rings. The zero-order valence-electron chi connectivity index (χ0n) is 17.8. The molecular weight excluding hydrogens is 430 g/mol. The third-order valence-electron chi connectivity index (χ3n) is 5.66. The van der Waals surface area contributed by atoms with Crippen LogP contribution < -0.4 is 10.9 Å². The van der Waals surface area contributed by atoms with Crippen molar-refractivity contribution in [2.24, 2.45) is 0 Å². The van der Waals surface area contributed by atoms with Gasteiger partial charge in [0.1, 0.15) is 5.58 Å². The number of fused-ring (bicyclic) bond motifs is 1. The number of benzene rings is 2. The predicted octanol–water partition coefficient (Wildman–Crippen LogP) is 3.38. The van der Waals surface area contributed by atoms with Crippen molar-refractivity contribution < 1.29 is 22.4 Å². The molecule has 9 heteroatoms. The molecule has 0 radical (unpaired) electrons. The van der Waals surface area contributed by atoms with E-state index < -0.39 is 21.8 Å². The average molecular weight is 456 g/mol. The summed E-state index contributed by atoms with van der Waals surface area (Å²) in [7, 11) is -3.59. The van der Waals surface area contributed by atoms with E-state index in [1.165, 1.54) is 28.6 Å². The molecule has 0 bridgehead atoms. The van der Waals surface area contributed by atoms with Crippen molar-refractivity contribution >= 4 is 32.8 Å². The molecular formula is C23H25N3O5S. The zero-order valence-corrected chi connectivity index (χ0v) is 18.6. The number of hydrogen-bond donors (Lipinski definition) is 2. The highest BCUT2D eigenvalue weighted by molar-refractivity contribution is 7.89. The summed E-state index contributed by atoms with van der Waals surface area (Å²) in [6.45, 7) is 2.79. The number of hydrogen-bond acceptors (Lipinski definition) is 5. The Labute approximate surface area is 186 Å². The Hall–Kier alpha value is -3.17. The van der Waals surface area contributed by atoms with Crippen molar-refractivity contribution in [3.8, 4) is 0 Å². The Kier molecular flexibility index (Phi) is 6.29. The highest BCUT2D eigenvalue weighted by Crippen LogP contribution is 2.24. The number of rotatable bonds is 4. The Morgan fingerprint density at radius 2 is 1.50 bits per heavy atom. The number of sulfonamides is 1. The molecule has 1 aliphatic rings. The third kappa shape index (κ3) is 4.39. The SMILES string of the molecule is Cc1c(C(=O)NNC(=O)c2ccc(S(=O)(=O)N3CCCCCC3)cc2)oc2ccccc12. The van der Waals surface area contributed by atoms with Crippen molar-refractivity contribution in [2.45, 2.75) is 37.5 Å². The van der Waals surface area contributed by atoms with E-state index >= 15 is 0 Å². The Morgan fingerprint density at radius 1 is 0.875 bits per heavy atom. The molecule has 8 nitrogen and oxygen atoms in total. The lowest BCUT2D eigenvalue weighted by Gasteiger charge is -2.20. The van der Waals surface area contributed by atoms with E-state index in [1.807, 2.05) is 18.2 Å². The second-order valence-electron chi connectivity index (χ2n) is 7.80. The molecule has 0 saturated carbocycles. The van der Waals surface area contributed by atoms with Crippen molar-refractivity contribution in [2.75, 3.05) is 13.1 Å². The Morgan fingerprint density at radius 3 is 2.16 bits per heavy atom. The van der Waals surface area contributed by atoms with E-state index in [9.17, 15) is 18.0 Å². The summed E-state index contributed by atoms with van der Waals surface area (Å²) in [4.78, 5) is 25.0. The molecule has 1 saturated heterocycles. The van der Waals surface area contributed by atoms with Gasteiger partial charge in [-0.05, 0) is 50.1 Å². The quantitative estimate of drug-likeness (QED) is 0.586. The Balaban J connectivity index is 1.41. The van der Waals surface area contributed by atoms with Gasteiger partial charge in [0.05, 0.1) is 4.90 Å². The summed E-state index contributed by atoms with van der Waals surface area (Å²) in [5, 5.41) is 0.824. The van der Waals surface area contributed by atoms with Gasteiger partial charge in [-0.15, -0.1) is 0 Å². The van der Waals surface area contributed by atoms with Gasteiger partial charge in [-0.25, -0.2) is 8.42 Å². The number of nitrogens with one attached hydrogen (secondary N) is 2. The maximum Gasteiger partial charge on any atom is 0.305 e. The van der Waals surface area contributed by atoms with Crippen LogP contribution in [0, 0.1) is 6.92 Å². The van der Waals surface area contributed by atoms with Crippen molar-refractivity contribution in [1.82, 2.24) is 15.2 Å². The Bertz CT molecular complexity index is 1240. The number of amides is 2. The zero-order chi connectivity index (χ0) is 22.7. The van der Waals surface area contributed by atoms with Crippen molar-refractivity contribution in [1.29, 1.82) is 0 Å². The predicted molar refractivity (Wildman–Crippen MR) is 120 cm³/mol. The summed E-state index contributed by atoms with van der Waals surface area (Å²) in [5.74, 6) is -1.02. The molecule has 0 atom stereocenters. The van der Waals surface area contributed by atoms with Gasteiger partial charge in [0.2, 0.25) is 10.0 Å². The first-order valence-electron chi connectivity index (χ1n) is 10.6. The largest absolute Gasteiger partial charge is 0.451 e. The molecule has 168 valence electrons. The molecule has 2 heterocycles. The molecule has 32 heavy (non-hydrogen) atoms. The molecule has 3 aromatic rings. The van der Waals surface area contributed by atoms with Gasteiger partial charge in [-0.2, -0.15) is 4.31 Å². The molecule has 1 aromatic heterocycles. The van der Waals surface area contributed by atoms with Gasteiger partial charge in [0.25, 0.3) is 5.91 Å². The summed E-state index contributed by atoms with van der Waals surface area (Å²) in [5.41, 5.74) is 6.17. The van der Waals surface area contributed by atoms with Gasteiger partial charge in [0, 0.05) is 29.6 Å². The second kappa shape index (κ2) is 9.13. The summed E-state index contributed by atoms with van der Waals surface area (Å²) >= 11 is 0. The van der Waals surface area contributed by atoms with Crippen LogP contribution in [-0.2, 0) is 10.0 Å². The van der Waals surface area contributed by atoms with E-state index in [-0.39, 0.29) is 16.2 Å². The normalized spacial score (nSPS) is 15.3. The van der Waals surface area contributed by atoms with Crippen LogP contribution in [0.3, 0.4) is 0 Å². The number of para-hydroxylation sites is 1. The van der Waals surface area contributed by atoms with Crippen LogP contribution >= 0.6 is 0 Å². The molecule has 0 unspecified atom stereocenters. The highest BCUT2D eigenvalue weighted by Gasteiger charge is 2.25. The first-order chi connectivity index (χ1) is 15.4. The van der Waals surface area contributed by atoms with Crippen LogP contribution in [0.1, 0.15) is 52.2 Å². The number of carbonyl (C=O) groups excluding carboxylic acids is 2. The summed E-state index contributed by atoms with van der Waals surface area (Å²) < 4.78 is 32.8. The fourth-order valence-electron chi connectivity index (χ4n) is 3.84. The number of carbonyl (C=O) groups is 2. The molecule has 0 spiro atoms. The smallest absolute Gasteiger partial charge is 0.305 e. The number of aryl methyl sites for hydroxylation is 1. The van der Waals surface area contributed by atoms with Gasteiger partial charge in [0.15, 0.2) is 5.76 Å². The lowest BCUT2D eigenvalue weighted by molar-refractivity contribution is 0.0831. The van der Waals surface area contributed by atoms with E-state index in [0.717, 1.165) is 31.1 Å². The summed E-state index contributed by atoms with van der Waals surface area (Å²) in [6, 6.07) is 13.0. The van der Waals surface area contributed by atoms with E-state index in [1.54, 1.807) is 13.0 Å². The van der Waals surface area contributed by atoms with Crippen LogP contribution in [0.15, 0.2) is 57.8 Å². The van der Waals surface area contributed by atoms with Crippen LogP contribution in [0.2, 0.25) is 0 Å². The van der Waals surface area contributed by atoms with Gasteiger partial charge in [-0.3, -0.25) is 20.4 Å². The van der Waals surface area contributed by atoms with Crippen molar-refractivity contribution in [3.63, 3.8) is 0 Å². The van der Waals surface area contributed by atoms with Crippen LogP contribution in [0.25, 0.3) is 11.0 Å². The van der Waals surface area contributed by atoms with Gasteiger partial charge >= 0.3 is 5.91 Å². The van der Waals surface area contributed by atoms with Crippen LogP contribution in [-0.4, -0.2) is 37.6 Å².